The fourth-order valence-corrected chi connectivity index (χ4v) is 3.51. The highest BCUT2D eigenvalue weighted by Crippen LogP contribution is 2.46. The molecule has 4 heteroatoms. The summed E-state index contributed by atoms with van der Waals surface area (Å²) in [4.78, 5) is 0. The van der Waals surface area contributed by atoms with Gasteiger partial charge in [0.15, 0.2) is 0 Å². The molecule has 0 aliphatic heterocycles. The lowest BCUT2D eigenvalue weighted by Gasteiger charge is -2.25. The quantitative estimate of drug-likeness (QED) is 0.803. The fraction of sp³-hybridized carbons (Fsp3) is 0.571. The predicted molar refractivity (Wildman–Crippen MR) is 68.7 cm³/mol. The van der Waals surface area contributed by atoms with Crippen LogP contribution in [0.25, 0.3) is 0 Å². The van der Waals surface area contributed by atoms with Crippen molar-refractivity contribution in [3.05, 3.63) is 23.8 Å². The monoisotopic (exact) mass is 252 g/mol. The lowest BCUT2D eigenvalue weighted by molar-refractivity contribution is 0.152. The van der Waals surface area contributed by atoms with Crippen LogP contribution in [0.1, 0.15) is 37.7 Å². The molecule has 1 aromatic carbocycles. The van der Waals surface area contributed by atoms with Crippen LogP contribution in [-0.2, 0) is 0 Å². The first kappa shape index (κ1) is 11.8. The number of anilines is 2. The smallest absolute Gasteiger partial charge is 0.265 e. The Kier molecular flexibility index (Phi) is 2.88. The van der Waals surface area contributed by atoms with Gasteiger partial charge in [0.1, 0.15) is 0 Å². The molecule has 3 unspecified atom stereocenters. The number of fused-ring (bicyclic) bond motifs is 2. The fourth-order valence-electron chi connectivity index (χ4n) is 3.51. The molecule has 2 bridgehead atoms. The molecule has 2 saturated carbocycles. The third-order valence-electron chi connectivity index (χ3n) is 4.39. The summed E-state index contributed by atoms with van der Waals surface area (Å²) in [7, 11) is 0. The highest BCUT2D eigenvalue weighted by molar-refractivity contribution is 5.59. The second kappa shape index (κ2) is 4.41. The molecule has 0 saturated heterocycles. The third kappa shape index (κ3) is 2.04. The van der Waals surface area contributed by atoms with Gasteiger partial charge in [-0.05, 0) is 49.3 Å². The van der Waals surface area contributed by atoms with Crippen molar-refractivity contribution < 1.29 is 8.78 Å². The lowest BCUT2D eigenvalue weighted by atomic mass is 9.95. The van der Waals surface area contributed by atoms with E-state index in [2.05, 4.69) is 5.32 Å². The molecule has 3 rings (SSSR count). The number of alkyl halides is 2. The summed E-state index contributed by atoms with van der Waals surface area (Å²) in [6, 6.07) is 5.11. The molecule has 2 aliphatic carbocycles. The van der Waals surface area contributed by atoms with Gasteiger partial charge < -0.3 is 11.1 Å². The van der Waals surface area contributed by atoms with Gasteiger partial charge in [-0.2, -0.15) is 0 Å². The van der Waals surface area contributed by atoms with Crippen molar-refractivity contribution in [2.45, 2.75) is 38.2 Å². The normalized spacial score (nSPS) is 30.1. The van der Waals surface area contributed by atoms with Gasteiger partial charge >= 0.3 is 0 Å². The Morgan fingerprint density at radius 3 is 2.67 bits per heavy atom. The van der Waals surface area contributed by atoms with Crippen molar-refractivity contribution in [2.24, 2.45) is 11.8 Å². The molecule has 3 N–H and O–H groups in total. The minimum atomic E-state index is -2.48. The predicted octanol–water partition coefficient (Wildman–Crippen LogP) is 3.81. The Balaban J connectivity index is 1.80. The van der Waals surface area contributed by atoms with E-state index in [1.165, 1.54) is 25.3 Å². The molecule has 3 atom stereocenters. The maximum absolute atomic E-state index is 13.0. The number of nitrogens with one attached hydrogen (secondary N) is 1. The molecule has 2 nitrogen and oxygen atoms in total. The Labute approximate surface area is 106 Å². The molecule has 0 amide bonds. The zero-order chi connectivity index (χ0) is 12.7. The summed E-state index contributed by atoms with van der Waals surface area (Å²) in [5.74, 6) is 1.47. The number of nitrogens with two attached hydrogens (primary N) is 1. The number of rotatable bonds is 3. The molecule has 0 aromatic heterocycles. The lowest BCUT2D eigenvalue weighted by Crippen LogP contribution is -2.26. The highest BCUT2D eigenvalue weighted by atomic mass is 19.3. The van der Waals surface area contributed by atoms with Gasteiger partial charge in [0, 0.05) is 23.0 Å². The first-order valence-corrected chi connectivity index (χ1v) is 6.57. The number of benzene rings is 1. The van der Waals surface area contributed by atoms with Crippen LogP contribution >= 0.6 is 0 Å². The van der Waals surface area contributed by atoms with E-state index in [1.807, 2.05) is 0 Å². The standard InChI is InChI=1S/C14H18F2N2/c15-14(16)11-7-10(17)3-4-12(11)18-13-6-8-1-2-9(13)5-8/h3-4,7-9,13-14,18H,1-2,5-6,17H2. The van der Waals surface area contributed by atoms with Crippen LogP contribution in [-0.4, -0.2) is 6.04 Å². The Morgan fingerprint density at radius 1 is 1.22 bits per heavy atom. The third-order valence-corrected chi connectivity index (χ3v) is 4.39. The summed E-state index contributed by atoms with van der Waals surface area (Å²) in [6.07, 6.45) is 2.46. The average Bonchev–Trinajstić information content (AvgIpc) is 2.93. The first-order chi connectivity index (χ1) is 8.63. The van der Waals surface area contributed by atoms with Crippen LogP contribution in [0.4, 0.5) is 20.2 Å². The van der Waals surface area contributed by atoms with Gasteiger partial charge in [0.25, 0.3) is 6.43 Å². The van der Waals surface area contributed by atoms with Gasteiger partial charge in [-0.15, -0.1) is 0 Å². The Bertz CT molecular complexity index is 447. The van der Waals surface area contributed by atoms with E-state index in [0.29, 0.717) is 23.3 Å². The Hall–Kier alpha value is -1.32. The zero-order valence-electron chi connectivity index (χ0n) is 10.2. The first-order valence-electron chi connectivity index (χ1n) is 6.57. The second-order valence-corrected chi connectivity index (χ2v) is 5.57. The summed E-state index contributed by atoms with van der Waals surface area (Å²) in [6.45, 7) is 0. The number of hydrogen-bond donors (Lipinski definition) is 2. The van der Waals surface area contributed by atoms with Crippen LogP contribution in [0.15, 0.2) is 18.2 Å². The van der Waals surface area contributed by atoms with Crippen LogP contribution < -0.4 is 11.1 Å². The van der Waals surface area contributed by atoms with Gasteiger partial charge in [-0.25, -0.2) is 8.78 Å². The van der Waals surface area contributed by atoms with Gasteiger partial charge in [-0.3, -0.25) is 0 Å². The van der Waals surface area contributed by atoms with Crippen LogP contribution in [0.2, 0.25) is 0 Å². The van der Waals surface area contributed by atoms with E-state index in [4.69, 9.17) is 5.73 Å². The van der Waals surface area contributed by atoms with E-state index < -0.39 is 6.43 Å². The molecule has 18 heavy (non-hydrogen) atoms. The largest absolute Gasteiger partial charge is 0.399 e. The van der Waals surface area contributed by atoms with E-state index >= 15 is 0 Å². The maximum atomic E-state index is 13.0. The van der Waals surface area contributed by atoms with Crippen molar-refractivity contribution in [3.63, 3.8) is 0 Å². The molecular weight excluding hydrogens is 234 g/mol. The molecule has 0 heterocycles. The number of hydrogen-bond acceptors (Lipinski definition) is 2. The van der Waals surface area contributed by atoms with Crippen molar-refractivity contribution >= 4 is 11.4 Å². The topological polar surface area (TPSA) is 38.0 Å². The second-order valence-electron chi connectivity index (χ2n) is 5.57. The maximum Gasteiger partial charge on any atom is 0.265 e. The highest BCUT2D eigenvalue weighted by Gasteiger charge is 2.39. The molecule has 2 fully saturated rings. The van der Waals surface area contributed by atoms with Crippen molar-refractivity contribution in [1.29, 1.82) is 0 Å². The minimum Gasteiger partial charge on any atom is -0.399 e. The summed E-state index contributed by atoms with van der Waals surface area (Å²) < 4.78 is 25.9. The number of halogens is 2. The van der Waals surface area contributed by atoms with Crippen molar-refractivity contribution in [1.82, 2.24) is 0 Å². The molecule has 0 radical (unpaired) electrons. The van der Waals surface area contributed by atoms with E-state index in [-0.39, 0.29) is 5.56 Å². The summed E-state index contributed by atoms with van der Waals surface area (Å²) in [5.41, 5.74) is 6.54. The minimum absolute atomic E-state index is 0.0257. The molecule has 1 aromatic rings. The summed E-state index contributed by atoms with van der Waals surface area (Å²) in [5, 5.41) is 3.31. The molecular formula is C14H18F2N2. The van der Waals surface area contributed by atoms with Crippen LogP contribution in [0.5, 0.6) is 0 Å². The SMILES string of the molecule is Nc1ccc(NC2CC3CCC2C3)c(C(F)F)c1. The molecule has 2 aliphatic rings. The average molecular weight is 252 g/mol. The molecule has 98 valence electrons. The van der Waals surface area contributed by atoms with Crippen molar-refractivity contribution in [3.8, 4) is 0 Å². The van der Waals surface area contributed by atoms with E-state index in [1.54, 1.807) is 12.1 Å². The Morgan fingerprint density at radius 2 is 2.06 bits per heavy atom. The van der Waals surface area contributed by atoms with Crippen molar-refractivity contribution in [2.75, 3.05) is 11.1 Å². The van der Waals surface area contributed by atoms with Gasteiger partial charge in [-0.1, -0.05) is 6.42 Å². The van der Waals surface area contributed by atoms with Gasteiger partial charge in [0.2, 0.25) is 0 Å². The molecule has 0 spiro atoms. The van der Waals surface area contributed by atoms with E-state index in [9.17, 15) is 8.78 Å². The summed E-state index contributed by atoms with van der Waals surface area (Å²) >= 11 is 0. The van der Waals surface area contributed by atoms with Crippen LogP contribution in [0.3, 0.4) is 0 Å². The van der Waals surface area contributed by atoms with Gasteiger partial charge in [0.05, 0.1) is 0 Å². The van der Waals surface area contributed by atoms with Crippen LogP contribution in [0, 0.1) is 11.8 Å². The number of nitrogen functional groups attached to an aromatic ring is 1. The zero-order valence-corrected chi connectivity index (χ0v) is 10.2. The van der Waals surface area contributed by atoms with E-state index in [0.717, 1.165) is 12.3 Å².